The molecule has 6 heterocycles. The van der Waals surface area contributed by atoms with E-state index in [0.717, 1.165) is 83.9 Å². The van der Waals surface area contributed by atoms with Crippen molar-refractivity contribution < 1.29 is 9.15 Å². The molecule has 8 bridgehead atoms. The van der Waals surface area contributed by atoms with Crippen LogP contribution in [0.25, 0.3) is 78.9 Å². The van der Waals surface area contributed by atoms with Crippen molar-refractivity contribution in [3.63, 3.8) is 0 Å². The smallest absolute Gasteiger partial charge is 0.139 e. The molecule has 0 saturated carbocycles. The largest absolute Gasteiger partial charge is 0.497 e. The summed E-state index contributed by atoms with van der Waals surface area (Å²) in [4.78, 5) is 15.9. The molecule has 43 heavy (non-hydrogen) atoms. The molecule has 0 saturated heterocycles. The topological polar surface area (TPSA) is 82.6 Å². The van der Waals surface area contributed by atoms with Crippen molar-refractivity contribution in [1.82, 2.24) is 19.9 Å². The number of hydrogen-bond acceptors (Lipinski definition) is 3. The number of aryl methyl sites for hydroxylation is 1. The lowest BCUT2D eigenvalue weighted by molar-refractivity contribution is 0.415. The van der Waals surface area contributed by atoms with Gasteiger partial charge >= 0.3 is 0 Å². The molecule has 1 aliphatic rings. The zero-order chi connectivity index (χ0) is 28.9. The maximum absolute atomic E-state index is 6.71. The van der Waals surface area contributed by atoms with Gasteiger partial charge < -0.3 is 24.1 Å². The summed E-state index contributed by atoms with van der Waals surface area (Å²) >= 11 is 0. The third-order valence-corrected chi connectivity index (χ3v) is 8.04. The highest BCUT2D eigenvalue weighted by Gasteiger charge is 2.16. The normalized spacial score (nSPS) is 11.9. The minimum atomic E-state index is 0.754. The average molecular weight is 561 g/mol. The van der Waals surface area contributed by atoms with Gasteiger partial charge in [0.15, 0.2) is 0 Å². The number of furan rings is 1. The van der Waals surface area contributed by atoms with Crippen LogP contribution in [0.2, 0.25) is 0 Å². The van der Waals surface area contributed by atoms with E-state index in [1.165, 1.54) is 5.56 Å². The molecule has 0 spiro atoms. The lowest BCUT2D eigenvalue weighted by atomic mass is 10.0. The lowest BCUT2D eigenvalue weighted by Crippen LogP contribution is -1.85. The Hall–Kier alpha value is -5.75. The molecule has 6 nitrogen and oxygen atoms in total. The van der Waals surface area contributed by atoms with Crippen LogP contribution < -0.4 is 4.74 Å². The molecule has 208 valence electrons. The molecule has 8 rings (SSSR count). The maximum atomic E-state index is 6.71. The Kier molecular flexibility index (Phi) is 5.79. The fraction of sp³-hybridized carbons (Fsp3) is 0.0541. The summed E-state index contributed by atoms with van der Waals surface area (Å²) in [5, 5.41) is 0. The quantitative estimate of drug-likeness (QED) is 0.200. The van der Waals surface area contributed by atoms with Crippen LogP contribution in [-0.4, -0.2) is 27.0 Å². The summed E-state index contributed by atoms with van der Waals surface area (Å²) in [7, 11) is 1.68. The number of nitrogens with zero attached hydrogens (tertiary/aromatic N) is 1. The zero-order valence-corrected chi connectivity index (χ0v) is 23.7. The van der Waals surface area contributed by atoms with Crippen molar-refractivity contribution in [2.45, 2.75) is 6.92 Å². The summed E-state index contributed by atoms with van der Waals surface area (Å²) in [5.41, 5.74) is 14.3. The highest BCUT2D eigenvalue weighted by Crippen LogP contribution is 2.37. The molecule has 0 amide bonds. The van der Waals surface area contributed by atoms with Gasteiger partial charge in [-0.3, -0.25) is 0 Å². The minimum absolute atomic E-state index is 0.754. The molecule has 3 N–H and O–H groups in total. The van der Waals surface area contributed by atoms with E-state index in [-0.39, 0.29) is 0 Å². The van der Waals surface area contributed by atoms with E-state index in [9.17, 15) is 0 Å². The van der Waals surface area contributed by atoms with Crippen LogP contribution in [-0.2, 0) is 0 Å². The summed E-state index contributed by atoms with van der Waals surface area (Å²) < 4.78 is 12.2. The summed E-state index contributed by atoms with van der Waals surface area (Å²) in [6.07, 6.45) is 6.06. The Bertz CT molecular complexity index is 2260. The Morgan fingerprint density at radius 3 is 1.91 bits per heavy atom. The molecule has 0 radical (unpaired) electrons. The van der Waals surface area contributed by atoms with Crippen LogP contribution in [0, 0.1) is 6.92 Å². The standard InChI is InChI=1S/C37H28N4O2/c1-22-5-7-24(8-6-22)36-31-16-14-27(40-31)26-13-15-29(39-26)35(23-9-11-25(42-2)12-10-23)30-17-18-32(41-30)37(28-4-3-21-38-28)34-20-19-33(36)43-34/h3-21,38-39,41H,1-2H3. The molecule has 5 aromatic heterocycles. The van der Waals surface area contributed by atoms with Crippen LogP contribution in [0.4, 0.5) is 0 Å². The van der Waals surface area contributed by atoms with E-state index >= 15 is 0 Å². The van der Waals surface area contributed by atoms with Gasteiger partial charge in [0.2, 0.25) is 0 Å². The van der Waals surface area contributed by atoms with Crippen molar-refractivity contribution in [1.29, 1.82) is 0 Å². The summed E-state index contributed by atoms with van der Waals surface area (Å²) in [6.45, 7) is 2.09. The minimum Gasteiger partial charge on any atom is -0.497 e. The summed E-state index contributed by atoms with van der Waals surface area (Å²) in [5.74, 6) is 0.811. The Morgan fingerprint density at radius 1 is 0.605 bits per heavy atom. The SMILES string of the molecule is COc1ccc(-c2c3ccc([nH]3)c3nc(c(-c4ccc(C)cc4)c4ccc(o4)c(-c4ccc[nH]4)c4ccc2[nH]4)C=C3)cc1. The fourth-order valence-corrected chi connectivity index (χ4v) is 5.88. The molecular weight excluding hydrogens is 532 g/mol. The van der Waals surface area contributed by atoms with Gasteiger partial charge in [-0.1, -0.05) is 42.0 Å². The third-order valence-electron chi connectivity index (χ3n) is 8.04. The first-order valence-electron chi connectivity index (χ1n) is 14.2. The Labute approximate surface area is 247 Å². The molecule has 0 fully saturated rings. The van der Waals surface area contributed by atoms with Gasteiger partial charge in [0.1, 0.15) is 16.9 Å². The zero-order valence-electron chi connectivity index (χ0n) is 23.7. The number of rotatable bonds is 4. The first-order chi connectivity index (χ1) is 21.1. The summed E-state index contributed by atoms with van der Waals surface area (Å²) in [6, 6.07) is 33.2. The maximum Gasteiger partial charge on any atom is 0.139 e. The number of methoxy groups -OCH3 is 1. The molecule has 0 unspecified atom stereocenters. The van der Waals surface area contributed by atoms with Crippen molar-refractivity contribution in [3.05, 3.63) is 120 Å². The monoisotopic (exact) mass is 560 g/mol. The van der Waals surface area contributed by atoms with Crippen molar-refractivity contribution in [2.24, 2.45) is 0 Å². The van der Waals surface area contributed by atoms with Crippen molar-refractivity contribution in [3.8, 4) is 39.3 Å². The molecule has 6 heteroatoms. The number of nitrogens with one attached hydrogen (secondary N) is 3. The van der Waals surface area contributed by atoms with E-state index in [1.807, 2.05) is 36.5 Å². The molecule has 1 aliphatic heterocycles. The fourth-order valence-electron chi connectivity index (χ4n) is 5.88. The predicted molar refractivity (Wildman–Crippen MR) is 175 cm³/mol. The van der Waals surface area contributed by atoms with Gasteiger partial charge in [0.25, 0.3) is 0 Å². The van der Waals surface area contributed by atoms with Crippen LogP contribution in [0.3, 0.4) is 0 Å². The third kappa shape index (κ3) is 4.32. The number of benzene rings is 2. The molecule has 0 atom stereocenters. The van der Waals surface area contributed by atoms with Gasteiger partial charge in [-0.15, -0.1) is 0 Å². The number of ether oxygens (including phenoxy) is 1. The first kappa shape index (κ1) is 25.0. The van der Waals surface area contributed by atoms with Gasteiger partial charge in [-0.25, -0.2) is 4.98 Å². The van der Waals surface area contributed by atoms with E-state index in [2.05, 4.69) is 101 Å². The van der Waals surface area contributed by atoms with Gasteiger partial charge in [0.05, 0.1) is 46.4 Å². The van der Waals surface area contributed by atoms with Gasteiger partial charge in [0, 0.05) is 22.8 Å². The van der Waals surface area contributed by atoms with E-state index < -0.39 is 0 Å². The van der Waals surface area contributed by atoms with Gasteiger partial charge in [-0.2, -0.15) is 0 Å². The number of hydrogen-bond donors (Lipinski definition) is 3. The van der Waals surface area contributed by atoms with Crippen LogP contribution >= 0.6 is 0 Å². The van der Waals surface area contributed by atoms with Crippen LogP contribution in [0.15, 0.2) is 108 Å². The number of aromatic nitrogens is 4. The highest BCUT2D eigenvalue weighted by molar-refractivity contribution is 5.99. The van der Waals surface area contributed by atoms with Crippen LogP contribution in [0.5, 0.6) is 5.75 Å². The molecule has 7 aromatic rings. The van der Waals surface area contributed by atoms with Crippen LogP contribution in [0.1, 0.15) is 17.0 Å². The first-order valence-corrected chi connectivity index (χ1v) is 14.2. The lowest BCUT2D eigenvalue weighted by Gasteiger charge is -2.05. The second-order valence-electron chi connectivity index (χ2n) is 10.8. The number of fused-ring (bicyclic) bond motifs is 9. The molecular formula is C37H28N4O2. The second kappa shape index (κ2) is 9.96. The Morgan fingerprint density at radius 2 is 1.21 bits per heavy atom. The number of aromatic amines is 3. The van der Waals surface area contributed by atoms with E-state index in [4.69, 9.17) is 14.1 Å². The number of H-pyrrole nitrogens is 3. The predicted octanol–water partition coefficient (Wildman–Crippen LogP) is 9.61. The molecule has 2 aromatic carbocycles. The van der Waals surface area contributed by atoms with Crippen molar-refractivity contribution in [2.75, 3.05) is 7.11 Å². The second-order valence-corrected chi connectivity index (χ2v) is 10.8. The van der Waals surface area contributed by atoms with E-state index in [1.54, 1.807) is 7.11 Å². The van der Waals surface area contributed by atoms with E-state index in [0.29, 0.717) is 0 Å². The van der Waals surface area contributed by atoms with Gasteiger partial charge in [-0.05, 0) is 90.9 Å². The molecule has 0 aliphatic carbocycles. The average Bonchev–Trinajstić information content (AvgIpc) is 3.87. The van der Waals surface area contributed by atoms with Crippen molar-refractivity contribution >= 4 is 45.4 Å². The Balaban J connectivity index is 1.53. The highest BCUT2D eigenvalue weighted by atomic mass is 16.5.